The van der Waals surface area contributed by atoms with Gasteiger partial charge < -0.3 is 9.47 Å². The number of nitrogens with zero attached hydrogens (tertiary/aromatic N) is 6. The first-order valence-electron chi connectivity index (χ1n) is 8.07. The van der Waals surface area contributed by atoms with Crippen LogP contribution in [0.25, 0.3) is 11.0 Å². The number of hydrogen-bond acceptors (Lipinski definition) is 6. The first-order valence-corrected chi connectivity index (χ1v) is 8.88. The van der Waals surface area contributed by atoms with Crippen LogP contribution < -0.4 is 4.90 Å². The number of anilines is 1. The molecule has 0 bridgehead atoms. The molecule has 0 radical (unpaired) electrons. The maximum atomic E-state index is 13.2. The van der Waals surface area contributed by atoms with Gasteiger partial charge in [-0.15, -0.1) is 10.2 Å². The maximum Gasteiger partial charge on any atom is 0.208 e. The molecular weight excluding hydrogens is 327 g/mol. The number of benzene rings is 1. The molecule has 2 aromatic heterocycles. The molecule has 1 aromatic carbocycles. The molecule has 4 rings (SSSR count). The highest BCUT2D eigenvalue weighted by atomic mass is 32.1. The van der Waals surface area contributed by atoms with E-state index in [9.17, 15) is 4.39 Å². The molecule has 0 atom stereocenters. The van der Waals surface area contributed by atoms with E-state index in [4.69, 9.17) is 0 Å². The Kier molecular flexibility index (Phi) is 4.15. The van der Waals surface area contributed by atoms with Gasteiger partial charge in [-0.25, -0.2) is 9.37 Å². The van der Waals surface area contributed by atoms with Gasteiger partial charge in [0.25, 0.3) is 0 Å². The first kappa shape index (κ1) is 15.5. The van der Waals surface area contributed by atoms with Crippen molar-refractivity contribution in [3.8, 4) is 0 Å². The molecule has 1 fully saturated rings. The molecule has 3 heterocycles. The van der Waals surface area contributed by atoms with Crippen LogP contribution in [-0.2, 0) is 6.54 Å². The van der Waals surface area contributed by atoms with Gasteiger partial charge in [0, 0.05) is 45.3 Å². The van der Waals surface area contributed by atoms with Crippen LogP contribution in [0.4, 0.5) is 9.52 Å². The number of imidazole rings is 1. The third-order valence-electron chi connectivity index (χ3n) is 4.40. The Labute approximate surface area is 143 Å². The lowest BCUT2D eigenvalue weighted by atomic mass is 10.3. The summed E-state index contributed by atoms with van der Waals surface area (Å²) in [6.07, 6.45) is 1.80. The number of piperazine rings is 1. The van der Waals surface area contributed by atoms with E-state index in [1.807, 2.05) is 6.92 Å². The van der Waals surface area contributed by atoms with Crippen LogP contribution in [-0.4, -0.2) is 57.4 Å². The molecule has 0 amide bonds. The van der Waals surface area contributed by atoms with Gasteiger partial charge in [0.15, 0.2) is 0 Å². The van der Waals surface area contributed by atoms with Crippen LogP contribution in [0.1, 0.15) is 5.01 Å². The molecule has 1 aliphatic rings. The minimum absolute atomic E-state index is 0.240. The molecular formula is C16H19FN6S. The van der Waals surface area contributed by atoms with Gasteiger partial charge in [0.2, 0.25) is 5.13 Å². The standard InChI is InChI=1S/C16H19FN6S/c1-12-19-20-16(24-12)22-7-4-21(5-8-22)6-9-23-11-18-14-10-13(17)2-3-15(14)23/h2-3,10-11H,4-9H2,1H3. The summed E-state index contributed by atoms with van der Waals surface area (Å²) in [6, 6.07) is 4.77. The zero-order valence-corrected chi connectivity index (χ0v) is 14.3. The van der Waals surface area contributed by atoms with Crippen molar-refractivity contribution in [2.45, 2.75) is 13.5 Å². The number of rotatable bonds is 4. The lowest BCUT2D eigenvalue weighted by Gasteiger charge is -2.34. The van der Waals surface area contributed by atoms with E-state index in [1.54, 1.807) is 23.7 Å². The van der Waals surface area contributed by atoms with E-state index in [0.29, 0.717) is 5.52 Å². The van der Waals surface area contributed by atoms with Crippen LogP contribution in [0.5, 0.6) is 0 Å². The third kappa shape index (κ3) is 3.11. The van der Waals surface area contributed by atoms with Gasteiger partial charge in [-0.1, -0.05) is 11.3 Å². The molecule has 1 saturated heterocycles. The molecule has 24 heavy (non-hydrogen) atoms. The highest BCUT2D eigenvalue weighted by molar-refractivity contribution is 7.15. The molecule has 0 N–H and O–H groups in total. The fraction of sp³-hybridized carbons (Fsp3) is 0.438. The number of halogens is 1. The largest absolute Gasteiger partial charge is 0.344 e. The van der Waals surface area contributed by atoms with E-state index in [1.165, 1.54) is 12.1 Å². The average molecular weight is 346 g/mol. The Morgan fingerprint density at radius 3 is 2.71 bits per heavy atom. The highest BCUT2D eigenvalue weighted by Crippen LogP contribution is 2.21. The number of fused-ring (bicyclic) bond motifs is 1. The van der Waals surface area contributed by atoms with Gasteiger partial charge in [0.05, 0.1) is 17.4 Å². The van der Waals surface area contributed by atoms with Crippen LogP contribution in [0.3, 0.4) is 0 Å². The van der Waals surface area contributed by atoms with Crippen LogP contribution >= 0.6 is 11.3 Å². The molecule has 0 unspecified atom stereocenters. The van der Waals surface area contributed by atoms with E-state index >= 15 is 0 Å². The van der Waals surface area contributed by atoms with Crippen LogP contribution in [0, 0.1) is 12.7 Å². The van der Waals surface area contributed by atoms with E-state index in [0.717, 1.165) is 54.9 Å². The average Bonchev–Trinajstić information content (AvgIpc) is 3.19. The molecule has 3 aromatic rings. The smallest absolute Gasteiger partial charge is 0.208 e. The van der Waals surface area contributed by atoms with Crippen LogP contribution in [0.15, 0.2) is 24.5 Å². The predicted octanol–water partition coefficient (Wildman–Crippen LogP) is 2.16. The number of aromatic nitrogens is 4. The number of hydrogen-bond donors (Lipinski definition) is 0. The highest BCUT2D eigenvalue weighted by Gasteiger charge is 2.19. The minimum Gasteiger partial charge on any atom is -0.344 e. The maximum absolute atomic E-state index is 13.2. The molecule has 0 spiro atoms. The molecule has 8 heteroatoms. The summed E-state index contributed by atoms with van der Waals surface area (Å²) in [4.78, 5) is 9.03. The van der Waals surface area contributed by atoms with Crippen molar-refractivity contribution in [2.75, 3.05) is 37.6 Å². The zero-order valence-electron chi connectivity index (χ0n) is 13.5. The number of aryl methyl sites for hydroxylation is 1. The summed E-state index contributed by atoms with van der Waals surface area (Å²) in [7, 11) is 0. The van der Waals surface area contributed by atoms with Crippen molar-refractivity contribution in [1.82, 2.24) is 24.6 Å². The first-order chi connectivity index (χ1) is 11.7. The SMILES string of the molecule is Cc1nnc(N2CCN(CCn3cnc4cc(F)ccc43)CC2)s1. The van der Waals surface area contributed by atoms with E-state index in [-0.39, 0.29) is 5.82 Å². The molecule has 1 aliphatic heterocycles. The Morgan fingerprint density at radius 1 is 1.12 bits per heavy atom. The van der Waals surface area contributed by atoms with Crippen molar-refractivity contribution in [1.29, 1.82) is 0 Å². The summed E-state index contributed by atoms with van der Waals surface area (Å²) in [5, 5.41) is 10.4. The predicted molar refractivity (Wildman–Crippen MR) is 93.0 cm³/mol. The summed E-state index contributed by atoms with van der Waals surface area (Å²) in [5.74, 6) is -0.240. The molecule has 0 saturated carbocycles. The summed E-state index contributed by atoms with van der Waals surface area (Å²) in [5.41, 5.74) is 1.70. The van der Waals surface area contributed by atoms with Crippen LogP contribution in [0.2, 0.25) is 0 Å². The lowest BCUT2D eigenvalue weighted by molar-refractivity contribution is 0.249. The third-order valence-corrected chi connectivity index (χ3v) is 5.30. The van der Waals surface area contributed by atoms with Crippen molar-refractivity contribution in [3.05, 3.63) is 35.4 Å². The van der Waals surface area contributed by atoms with Gasteiger partial charge in [-0.05, 0) is 19.1 Å². The fourth-order valence-electron chi connectivity index (χ4n) is 3.04. The van der Waals surface area contributed by atoms with E-state index < -0.39 is 0 Å². The lowest BCUT2D eigenvalue weighted by Crippen LogP contribution is -2.47. The Bertz CT molecular complexity index is 836. The Hall–Kier alpha value is -2.06. The Balaban J connectivity index is 1.34. The quantitative estimate of drug-likeness (QED) is 0.725. The van der Waals surface area contributed by atoms with E-state index in [2.05, 4.69) is 29.5 Å². The summed E-state index contributed by atoms with van der Waals surface area (Å²) >= 11 is 1.65. The molecule has 6 nitrogen and oxygen atoms in total. The zero-order chi connectivity index (χ0) is 16.5. The second-order valence-corrected chi connectivity index (χ2v) is 7.16. The van der Waals surface area contributed by atoms with Gasteiger partial charge >= 0.3 is 0 Å². The van der Waals surface area contributed by atoms with Crippen molar-refractivity contribution >= 4 is 27.5 Å². The van der Waals surface area contributed by atoms with Crippen molar-refractivity contribution in [2.24, 2.45) is 0 Å². The Morgan fingerprint density at radius 2 is 1.96 bits per heavy atom. The van der Waals surface area contributed by atoms with Crippen molar-refractivity contribution < 1.29 is 4.39 Å². The monoisotopic (exact) mass is 346 g/mol. The summed E-state index contributed by atoms with van der Waals surface area (Å²) < 4.78 is 15.3. The fourth-order valence-corrected chi connectivity index (χ4v) is 3.78. The minimum atomic E-state index is -0.240. The normalized spacial score (nSPS) is 16.2. The van der Waals surface area contributed by atoms with Gasteiger partial charge in [-0.2, -0.15) is 0 Å². The molecule has 126 valence electrons. The second kappa shape index (κ2) is 6.45. The molecule has 0 aliphatic carbocycles. The van der Waals surface area contributed by atoms with Gasteiger partial charge in [0.1, 0.15) is 10.8 Å². The second-order valence-electron chi connectivity index (χ2n) is 6.00. The topological polar surface area (TPSA) is 50.1 Å². The summed E-state index contributed by atoms with van der Waals surface area (Å²) in [6.45, 7) is 7.79. The van der Waals surface area contributed by atoms with Crippen molar-refractivity contribution in [3.63, 3.8) is 0 Å². The van der Waals surface area contributed by atoms with Gasteiger partial charge in [-0.3, -0.25) is 4.90 Å².